The van der Waals surface area contributed by atoms with Crippen LogP contribution in [-0.4, -0.2) is 91.1 Å². The minimum Gasteiger partial charge on any atom is -0.497 e. The first-order valence-corrected chi connectivity index (χ1v) is 29.7. The van der Waals surface area contributed by atoms with E-state index in [2.05, 4.69) is 15.3 Å². The number of halogens is 1. The third-order valence-corrected chi connectivity index (χ3v) is 16.7. The van der Waals surface area contributed by atoms with Crippen LogP contribution in [0.5, 0.6) is 23.0 Å². The second kappa shape index (κ2) is 27.5. The monoisotopic (exact) mass is 1230 g/mol. The quantitative estimate of drug-likeness (QED) is 0.0426. The number of rotatable bonds is 24. The first-order valence-electron chi connectivity index (χ1n) is 28.7. The molecular formula is C68H65FN5O14P. The number of carbonyl (C=O) groups is 1. The maximum Gasteiger partial charge on any atom is 0.375 e. The second-order valence-corrected chi connectivity index (χ2v) is 22.1. The zero-order valence-electron chi connectivity index (χ0n) is 49.3. The number of methoxy groups -OCH3 is 4. The zero-order valence-corrected chi connectivity index (χ0v) is 50.2. The molecule has 0 spiro atoms. The molecule has 0 bridgehead atoms. The molecule has 0 saturated carbocycles. The summed E-state index contributed by atoms with van der Waals surface area (Å²) in [6.45, 7) is 0.879. The highest BCUT2D eigenvalue weighted by atomic mass is 31.2. The lowest BCUT2D eigenvalue weighted by Crippen LogP contribution is -2.41. The predicted octanol–water partition coefficient (Wildman–Crippen LogP) is 10.9. The van der Waals surface area contributed by atoms with Crippen molar-refractivity contribution in [3.8, 4) is 23.0 Å². The highest BCUT2D eigenvalue weighted by molar-refractivity contribution is 7.41. The van der Waals surface area contributed by atoms with Gasteiger partial charge >= 0.3 is 20.1 Å². The molecule has 458 valence electrons. The van der Waals surface area contributed by atoms with E-state index in [1.54, 1.807) is 65.7 Å². The molecule has 21 heteroatoms. The molecule has 2 aliphatic heterocycles. The van der Waals surface area contributed by atoms with Gasteiger partial charge in [0.1, 0.15) is 64.7 Å². The Balaban J connectivity index is 0.933. The van der Waals surface area contributed by atoms with Crippen molar-refractivity contribution >= 4 is 20.4 Å². The van der Waals surface area contributed by atoms with Gasteiger partial charge in [-0.15, -0.1) is 0 Å². The highest BCUT2D eigenvalue weighted by Crippen LogP contribution is 2.50. The maximum atomic E-state index is 17.4. The molecule has 2 aliphatic rings. The van der Waals surface area contributed by atoms with E-state index in [1.165, 1.54) is 27.6 Å². The van der Waals surface area contributed by atoms with Gasteiger partial charge in [0.2, 0.25) is 0 Å². The Kier molecular flexibility index (Phi) is 19.0. The molecule has 2 aromatic heterocycles. The third-order valence-electron chi connectivity index (χ3n) is 15.9. The van der Waals surface area contributed by atoms with Crippen LogP contribution in [-0.2, 0) is 39.2 Å². The summed E-state index contributed by atoms with van der Waals surface area (Å²) in [6.07, 6.45) is -3.56. The Bertz CT molecular complexity index is 3920. The van der Waals surface area contributed by atoms with Gasteiger partial charge in [0, 0.05) is 36.4 Å². The summed E-state index contributed by atoms with van der Waals surface area (Å²) in [5.74, 6) is 1.98. The molecule has 0 aliphatic carbocycles. The lowest BCUT2D eigenvalue weighted by molar-refractivity contribution is -0.100. The molecule has 1 unspecified atom stereocenters. The van der Waals surface area contributed by atoms with Gasteiger partial charge in [0.05, 0.1) is 53.9 Å². The first kappa shape index (κ1) is 61.5. The number of hydrogen-bond donors (Lipinski definition) is 2. The number of aryl methyl sites for hydroxylation is 1. The summed E-state index contributed by atoms with van der Waals surface area (Å²) in [5.41, 5.74) is 0.155. The Morgan fingerprint density at radius 1 is 0.584 bits per heavy atom. The summed E-state index contributed by atoms with van der Waals surface area (Å²) < 4.78 is 82.9. The number of ether oxygens (including phenoxy) is 8. The van der Waals surface area contributed by atoms with E-state index in [0.717, 1.165) is 11.1 Å². The molecule has 11 rings (SSSR count). The topological polar surface area (TPSA) is 211 Å². The number of nitrogens with one attached hydrogen (secondary N) is 2. The van der Waals surface area contributed by atoms with E-state index < -0.39 is 86.2 Å². The van der Waals surface area contributed by atoms with Gasteiger partial charge in [-0.2, -0.15) is 9.18 Å². The van der Waals surface area contributed by atoms with Gasteiger partial charge in [0.15, 0.2) is 0 Å². The van der Waals surface area contributed by atoms with Crippen molar-refractivity contribution in [1.29, 1.82) is 0 Å². The van der Waals surface area contributed by atoms with E-state index in [4.69, 9.17) is 46.9 Å². The van der Waals surface area contributed by atoms with Crippen molar-refractivity contribution in [2.75, 3.05) is 47.0 Å². The molecule has 1 amide bonds. The van der Waals surface area contributed by atoms with Crippen LogP contribution in [0.4, 0.5) is 10.0 Å². The zero-order chi connectivity index (χ0) is 62.1. The fourth-order valence-corrected chi connectivity index (χ4v) is 12.1. The van der Waals surface area contributed by atoms with Gasteiger partial charge in [-0.3, -0.25) is 23.7 Å². The van der Waals surface area contributed by atoms with Crippen molar-refractivity contribution in [2.24, 2.45) is 0 Å². The van der Waals surface area contributed by atoms with Crippen LogP contribution in [0.25, 0.3) is 0 Å². The fraction of sp³-hybridized carbons (Fsp3) is 0.250. The Morgan fingerprint density at radius 3 is 1.52 bits per heavy atom. The molecule has 7 atom stereocenters. The fourth-order valence-electron chi connectivity index (χ4n) is 11.4. The average molecular weight is 1230 g/mol. The number of nitrogens with zero attached hydrogens (tertiary/aromatic N) is 3. The molecule has 7 aromatic carbocycles. The molecule has 19 nitrogen and oxygen atoms in total. The SMILES string of the molecule is COc1ccc(C(OC[C@H]2O[C@@H](n3ccc(NC(=O)c4ccccc4)nc3=O)C[C@@H]2OP(F)OC[C@H]2O[C@@H](n3cc(C)c(=O)[nH]c3=O)C[C@@H]2OC(c2ccccc2)(c2ccc(OC)cc2)c2ccc(OC)cc2)(c2ccccc2)c2ccc(OC)cc2)cc1. The molecule has 0 radical (unpaired) electrons. The number of carbonyl (C=O) groups excluding carboxylic acids is 1. The van der Waals surface area contributed by atoms with Gasteiger partial charge in [-0.05, 0) is 107 Å². The van der Waals surface area contributed by atoms with Crippen molar-refractivity contribution in [2.45, 2.75) is 67.8 Å². The summed E-state index contributed by atoms with van der Waals surface area (Å²) in [6, 6.07) is 59.0. The lowest BCUT2D eigenvalue weighted by atomic mass is 9.79. The number of anilines is 1. The van der Waals surface area contributed by atoms with Gasteiger partial charge < -0.3 is 52.3 Å². The smallest absolute Gasteiger partial charge is 0.375 e. The van der Waals surface area contributed by atoms with Gasteiger partial charge in [-0.25, -0.2) is 9.59 Å². The first-order chi connectivity index (χ1) is 43.3. The summed E-state index contributed by atoms with van der Waals surface area (Å²) >= 11 is 0. The average Bonchev–Trinajstić information content (AvgIpc) is 1.50. The number of hydrogen-bond acceptors (Lipinski definition) is 15. The largest absolute Gasteiger partial charge is 0.497 e. The van der Waals surface area contributed by atoms with E-state index in [0.29, 0.717) is 50.8 Å². The van der Waals surface area contributed by atoms with E-state index >= 15 is 4.20 Å². The molecular weight excluding hydrogens is 1160 g/mol. The number of amides is 1. The summed E-state index contributed by atoms with van der Waals surface area (Å²) in [4.78, 5) is 60.0. The molecule has 2 fully saturated rings. The Labute approximate surface area is 513 Å². The summed E-state index contributed by atoms with van der Waals surface area (Å²) in [5, 5.41) is 2.68. The van der Waals surface area contributed by atoms with Crippen LogP contribution < -0.4 is 41.2 Å². The minimum atomic E-state index is -3.32. The number of aromatic amines is 1. The van der Waals surface area contributed by atoms with Crippen molar-refractivity contribution in [1.82, 2.24) is 19.1 Å². The van der Waals surface area contributed by atoms with Crippen LogP contribution in [0.15, 0.2) is 221 Å². The van der Waals surface area contributed by atoms with E-state index in [9.17, 15) is 19.2 Å². The Morgan fingerprint density at radius 2 is 1.02 bits per heavy atom. The number of benzene rings is 7. The third kappa shape index (κ3) is 13.2. The standard InChI is InChI=1S/C68H65FN5O14P/c1-44-41-74(66(78)72-63(44)75)62-39-56(87-68(47-19-13-8-14-20-47,50-25-33-54(81-4)34-26-50)51-27-35-55(82-5)36-28-51)59(86-62)43-84-89(69)88-57-40-61(73-38-37-60(71-65(73)77)70-64(76)45-15-9-6-10-16-45)85-58(57)42-83-67(46-17-11-7-12-18-46,48-21-29-52(79-2)30-22-48)49-23-31-53(80-3)32-24-49/h6-38,41,56-59,61-62H,39-40,42-43H2,1-5H3,(H,72,75,78)(H,70,71,76,77)/t56-,57-,58+,59+,61+,62+,89?/m0/s1. The highest BCUT2D eigenvalue weighted by Gasteiger charge is 2.48. The van der Waals surface area contributed by atoms with Gasteiger partial charge in [0.25, 0.3) is 11.5 Å². The number of H-pyrrole nitrogens is 1. The number of aromatic nitrogens is 4. The molecule has 9 aromatic rings. The van der Waals surface area contributed by atoms with E-state index in [-0.39, 0.29) is 30.8 Å². The molecule has 89 heavy (non-hydrogen) atoms. The van der Waals surface area contributed by atoms with Crippen LogP contribution in [0, 0.1) is 6.92 Å². The minimum absolute atomic E-state index is 0.00585. The second-order valence-electron chi connectivity index (χ2n) is 21.2. The van der Waals surface area contributed by atoms with Crippen LogP contribution in [0.2, 0.25) is 0 Å². The Hall–Kier alpha value is -9.11. The van der Waals surface area contributed by atoms with Crippen molar-refractivity contribution in [3.63, 3.8) is 0 Å². The lowest BCUT2D eigenvalue weighted by Gasteiger charge is -2.39. The van der Waals surface area contributed by atoms with Gasteiger partial charge in [-0.1, -0.05) is 127 Å². The van der Waals surface area contributed by atoms with Crippen LogP contribution in [0.3, 0.4) is 0 Å². The predicted molar refractivity (Wildman–Crippen MR) is 330 cm³/mol. The van der Waals surface area contributed by atoms with E-state index in [1.807, 2.05) is 158 Å². The molecule has 2 N–H and O–H groups in total. The van der Waals surface area contributed by atoms with Crippen LogP contribution >= 0.6 is 8.69 Å². The molecule has 2 saturated heterocycles. The summed E-state index contributed by atoms with van der Waals surface area (Å²) in [7, 11) is 3.00. The van der Waals surface area contributed by atoms with Crippen molar-refractivity contribution in [3.05, 3.63) is 282 Å². The normalized spacial score (nSPS) is 18.7. The van der Waals surface area contributed by atoms with Crippen molar-refractivity contribution < 1.29 is 55.9 Å². The molecule has 4 heterocycles. The van der Waals surface area contributed by atoms with Crippen LogP contribution in [0.1, 0.15) is 74.6 Å². The maximum absolute atomic E-state index is 17.4.